The largest absolute Gasteiger partial charge is 0.342 e. The van der Waals surface area contributed by atoms with E-state index in [0.717, 1.165) is 38.8 Å². The predicted octanol–water partition coefficient (Wildman–Crippen LogP) is 1.83. The van der Waals surface area contributed by atoms with Gasteiger partial charge in [0.05, 0.1) is 6.20 Å². The Balaban J connectivity index is 1.60. The minimum Gasteiger partial charge on any atom is -0.342 e. The molecule has 1 N–H and O–H groups in total. The maximum Gasteiger partial charge on any atom is 0.225 e. The maximum atomic E-state index is 11.9. The molecule has 0 bridgehead atoms. The Hall–Kier alpha value is -1.32. The average Bonchev–Trinajstić information content (AvgIpc) is 3.12. The van der Waals surface area contributed by atoms with Crippen molar-refractivity contribution in [3.05, 3.63) is 17.5 Å². The second-order valence-corrected chi connectivity index (χ2v) is 5.32. The highest BCUT2D eigenvalue weighted by molar-refractivity contribution is 5.81. The molecule has 3 rings (SSSR count). The fraction of sp³-hybridized carbons (Fsp3) is 0.692. The van der Waals surface area contributed by atoms with Gasteiger partial charge in [-0.1, -0.05) is 0 Å². The number of H-pyrrole nitrogens is 1. The van der Waals surface area contributed by atoms with Crippen LogP contribution in [-0.4, -0.2) is 34.1 Å². The normalized spacial score (nSPS) is 21.8. The molecule has 0 aromatic carbocycles. The molecule has 1 saturated heterocycles. The Kier molecular flexibility index (Phi) is 2.65. The van der Waals surface area contributed by atoms with Crippen molar-refractivity contribution in [2.45, 2.75) is 38.5 Å². The second kappa shape index (κ2) is 4.17. The first-order valence-electron chi connectivity index (χ1n) is 6.54. The molecule has 4 nitrogen and oxygen atoms in total. The molecule has 2 heterocycles. The molecule has 1 aromatic rings. The van der Waals surface area contributed by atoms with Crippen LogP contribution in [0.1, 0.15) is 42.9 Å². The number of rotatable bonds is 2. The van der Waals surface area contributed by atoms with Crippen LogP contribution in [0.3, 0.4) is 0 Å². The molecule has 1 aliphatic carbocycles. The van der Waals surface area contributed by atoms with Crippen molar-refractivity contribution in [1.82, 2.24) is 15.1 Å². The van der Waals surface area contributed by atoms with E-state index in [0.29, 0.717) is 17.7 Å². The van der Waals surface area contributed by atoms with Gasteiger partial charge in [-0.15, -0.1) is 0 Å². The van der Waals surface area contributed by atoms with Crippen LogP contribution >= 0.6 is 0 Å². The van der Waals surface area contributed by atoms with Crippen LogP contribution in [0.5, 0.6) is 0 Å². The zero-order valence-electron chi connectivity index (χ0n) is 10.3. The number of aryl methyl sites for hydroxylation is 1. The molecule has 1 amide bonds. The van der Waals surface area contributed by atoms with Crippen LogP contribution in [0.4, 0.5) is 0 Å². The van der Waals surface area contributed by atoms with E-state index in [2.05, 4.69) is 22.0 Å². The zero-order valence-corrected chi connectivity index (χ0v) is 10.3. The third kappa shape index (κ3) is 2.08. The number of carbonyl (C=O) groups is 1. The summed E-state index contributed by atoms with van der Waals surface area (Å²) < 4.78 is 0. The van der Waals surface area contributed by atoms with Gasteiger partial charge in [-0.25, -0.2) is 0 Å². The van der Waals surface area contributed by atoms with Crippen LogP contribution in [0, 0.1) is 12.8 Å². The first kappa shape index (κ1) is 10.8. The van der Waals surface area contributed by atoms with Gasteiger partial charge in [0.1, 0.15) is 0 Å². The molecule has 4 heteroatoms. The van der Waals surface area contributed by atoms with E-state index >= 15 is 0 Å². The van der Waals surface area contributed by atoms with E-state index in [1.165, 1.54) is 11.3 Å². The number of aromatic nitrogens is 2. The van der Waals surface area contributed by atoms with E-state index in [-0.39, 0.29) is 0 Å². The molecule has 1 aromatic heterocycles. The topological polar surface area (TPSA) is 49.0 Å². The molecular formula is C13H19N3O. The third-order valence-corrected chi connectivity index (χ3v) is 4.04. The van der Waals surface area contributed by atoms with Gasteiger partial charge in [0.2, 0.25) is 5.91 Å². The molecule has 0 spiro atoms. The highest BCUT2D eigenvalue weighted by Crippen LogP contribution is 2.34. The van der Waals surface area contributed by atoms with Crippen molar-refractivity contribution in [2.75, 3.05) is 13.1 Å². The van der Waals surface area contributed by atoms with Crippen LogP contribution in [-0.2, 0) is 4.79 Å². The quantitative estimate of drug-likeness (QED) is 0.847. The molecule has 0 unspecified atom stereocenters. The molecule has 2 aliphatic rings. The third-order valence-electron chi connectivity index (χ3n) is 4.04. The van der Waals surface area contributed by atoms with Gasteiger partial charge in [0, 0.05) is 24.7 Å². The lowest BCUT2D eigenvalue weighted by Crippen LogP contribution is -2.38. The molecular weight excluding hydrogens is 214 g/mol. The SMILES string of the molecule is Cc1[nH]ncc1C1CCN(C(=O)C2CC2)CC1. The molecule has 1 aliphatic heterocycles. The van der Waals surface area contributed by atoms with Crippen LogP contribution in [0.25, 0.3) is 0 Å². The standard InChI is InChI=1S/C13H19N3O/c1-9-12(8-14-15-9)10-4-6-16(7-5-10)13(17)11-2-3-11/h8,10-11H,2-7H2,1H3,(H,14,15). The molecule has 2 fully saturated rings. The van der Waals surface area contributed by atoms with Crippen molar-refractivity contribution in [1.29, 1.82) is 0 Å². The summed E-state index contributed by atoms with van der Waals surface area (Å²) in [5.41, 5.74) is 2.51. The molecule has 17 heavy (non-hydrogen) atoms. The molecule has 92 valence electrons. The first-order valence-corrected chi connectivity index (χ1v) is 6.54. The predicted molar refractivity (Wildman–Crippen MR) is 64.6 cm³/mol. The van der Waals surface area contributed by atoms with Gasteiger partial charge in [0.25, 0.3) is 0 Å². The van der Waals surface area contributed by atoms with Gasteiger partial charge in [-0.05, 0) is 44.1 Å². The first-order chi connectivity index (χ1) is 8.25. The number of hydrogen-bond donors (Lipinski definition) is 1. The van der Waals surface area contributed by atoms with Crippen molar-refractivity contribution in [3.8, 4) is 0 Å². The summed E-state index contributed by atoms with van der Waals surface area (Å²) in [6.45, 7) is 3.92. The maximum absolute atomic E-state index is 11.9. The summed E-state index contributed by atoms with van der Waals surface area (Å²) >= 11 is 0. The smallest absolute Gasteiger partial charge is 0.225 e. The summed E-state index contributed by atoms with van der Waals surface area (Å²) in [6.07, 6.45) is 6.33. The molecule has 0 radical (unpaired) electrons. The van der Waals surface area contributed by atoms with Crippen LogP contribution in [0.15, 0.2) is 6.20 Å². The average molecular weight is 233 g/mol. The highest BCUT2D eigenvalue weighted by Gasteiger charge is 2.35. The minimum absolute atomic E-state index is 0.363. The fourth-order valence-corrected chi connectivity index (χ4v) is 2.77. The van der Waals surface area contributed by atoms with E-state index in [1.54, 1.807) is 0 Å². The van der Waals surface area contributed by atoms with Gasteiger partial charge in [-0.3, -0.25) is 9.89 Å². The number of amides is 1. The molecule has 0 atom stereocenters. The Morgan fingerprint density at radius 2 is 2.06 bits per heavy atom. The van der Waals surface area contributed by atoms with Crippen molar-refractivity contribution >= 4 is 5.91 Å². The van der Waals surface area contributed by atoms with Gasteiger partial charge < -0.3 is 4.90 Å². The summed E-state index contributed by atoms with van der Waals surface area (Å²) in [6, 6.07) is 0. The van der Waals surface area contributed by atoms with E-state index in [4.69, 9.17) is 0 Å². The fourth-order valence-electron chi connectivity index (χ4n) is 2.77. The number of hydrogen-bond acceptors (Lipinski definition) is 2. The Morgan fingerprint density at radius 3 is 2.59 bits per heavy atom. The van der Waals surface area contributed by atoms with E-state index in [9.17, 15) is 4.79 Å². The lowest BCUT2D eigenvalue weighted by Gasteiger charge is -2.32. The number of nitrogens with zero attached hydrogens (tertiary/aromatic N) is 2. The van der Waals surface area contributed by atoms with E-state index < -0.39 is 0 Å². The Labute approximate surface area is 101 Å². The minimum atomic E-state index is 0.363. The van der Waals surface area contributed by atoms with E-state index in [1.807, 2.05) is 6.20 Å². The number of piperidine rings is 1. The number of likely N-dealkylation sites (tertiary alicyclic amines) is 1. The van der Waals surface area contributed by atoms with Crippen LogP contribution < -0.4 is 0 Å². The summed E-state index contributed by atoms with van der Waals surface area (Å²) in [4.78, 5) is 14.0. The number of carbonyl (C=O) groups excluding carboxylic acids is 1. The lowest BCUT2D eigenvalue weighted by atomic mass is 9.90. The Morgan fingerprint density at radius 1 is 1.35 bits per heavy atom. The van der Waals surface area contributed by atoms with Gasteiger partial charge in [0.15, 0.2) is 0 Å². The van der Waals surface area contributed by atoms with Gasteiger partial charge >= 0.3 is 0 Å². The second-order valence-electron chi connectivity index (χ2n) is 5.32. The summed E-state index contributed by atoms with van der Waals surface area (Å²) in [5.74, 6) is 1.34. The monoisotopic (exact) mass is 233 g/mol. The lowest BCUT2D eigenvalue weighted by molar-refractivity contribution is -0.133. The van der Waals surface area contributed by atoms with Crippen molar-refractivity contribution in [3.63, 3.8) is 0 Å². The number of nitrogens with one attached hydrogen (secondary N) is 1. The zero-order chi connectivity index (χ0) is 11.8. The summed E-state index contributed by atoms with van der Waals surface area (Å²) in [7, 11) is 0. The van der Waals surface area contributed by atoms with Crippen molar-refractivity contribution in [2.24, 2.45) is 5.92 Å². The number of aromatic amines is 1. The highest BCUT2D eigenvalue weighted by atomic mass is 16.2. The molecule has 1 saturated carbocycles. The van der Waals surface area contributed by atoms with Crippen LogP contribution in [0.2, 0.25) is 0 Å². The summed E-state index contributed by atoms with van der Waals surface area (Å²) in [5, 5.41) is 7.08. The van der Waals surface area contributed by atoms with Crippen molar-refractivity contribution < 1.29 is 4.79 Å². The van der Waals surface area contributed by atoms with Gasteiger partial charge in [-0.2, -0.15) is 5.10 Å². The Bertz CT molecular complexity index is 414.